The maximum atomic E-state index is 12.1. The molecule has 0 atom stereocenters. The average Bonchev–Trinajstić information content (AvgIpc) is 2.75. The monoisotopic (exact) mass is 417 g/mol. The number of esters is 3. The van der Waals surface area contributed by atoms with Crippen LogP contribution < -0.4 is 5.32 Å². The first-order chi connectivity index (χ1) is 13.9. The zero-order valence-corrected chi connectivity index (χ0v) is 16.6. The Morgan fingerprint density at radius 1 is 0.897 bits per heavy atom. The zero-order chi connectivity index (χ0) is 21.2. The van der Waals surface area contributed by atoms with Gasteiger partial charge in [0.2, 0.25) is 0 Å². The summed E-state index contributed by atoms with van der Waals surface area (Å²) < 4.78 is 14.2. The van der Waals surface area contributed by atoms with Crippen molar-refractivity contribution >= 4 is 41.3 Å². The lowest BCUT2D eigenvalue weighted by atomic mass is 10.1. The van der Waals surface area contributed by atoms with Gasteiger partial charge in [-0.3, -0.25) is 9.59 Å². The second-order valence-corrected chi connectivity index (χ2v) is 6.64. The largest absolute Gasteiger partial charge is 0.465 e. The molecule has 0 aliphatic carbocycles. The van der Waals surface area contributed by atoms with Gasteiger partial charge in [-0.25, -0.2) is 9.59 Å². The van der Waals surface area contributed by atoms with E-state index in [1.54, 1.807) is 0 Å². The van der Waals surface area contributed by atoms with Gasteiger partial charge in [-0.1, -0.05) is 18.2 Å². The van der Waals surface area contributed by atoms with Crippen molar-refractivity contribution < 1.29 is 33.4 Å². The molecule has 0 saturated heterocycles. The van der Waals surface area contributed by atoms with Gasteiger partial charge >= 0.3 is 17.9 Å². The summed E-state index contributed by atoms with van der Waals surface area (Å²) in [5.41, 5.74) is 0.275. The number of thioether (sulfide) groups is 1. The van der Waals surface area contributed by atoms with Crippen LogP contribution >= 0.6 is 11.8 Å². The molecule has 0 aromatic heterocycles. The van der Waals surface area contributed by atoms with E-state index < -0.39 is 30.4 Å². The van der Waals surface area contributed by atoms with E-state index >= 15 is 0 Å². The molecule has 9 heteroatoms. The maximum Gasteiger partial charge on any atom is 0.337 e. The van der Waals surface area contributed by atoms with Crippen molar-refractivity contribution in [3.63, 3.8) is 0 Å². The molecular formula is C20H19NO7S. The first-order valence-corrected chi connectivity index (χ1v) is 9.36. The topological polar surface area (TPSA) is 108 Å². The van der Waals surface area contributed by atoms with Gasteiger partial charge in [0, 0.05) is 10.6 Å². The second-order valence-electron chi connectivity index (χ2n) is 5.59. The van der Waals surface area contributed by atoms with Gasteiger partial charge in [0.1, 0.15) is 0 Å². The molecular weight excluding hydrogens is 398 g/mol. The summed E-state index contributed by atoms with van der Waals surface area (Å²) >= 11 is 1.29. The Morgan fingerprint density at radius 2 is 1.48 bits per heavy atom. The minimum Gasteiger partial charge on any atom is -0.465 e. The predicted octanol–water partition coefficient (Wildman–Crippen LogP) is 2.53. The number of amides is 1. The quantitative estimate of drug-likeness (QED) is 0.397. The van der Waals surface area contributed by atoms with E-state index in [-0.39, 0.29) is 22.6 Å². The molecule has 1 N–H and O–H groups in total. The molecule has 0 fully saturated rings. The molecule has 29 heavy (non-hydrogen) atoms. The van der Waals surface area contributed by atoms with Crippen LogP contribution in [0.2, 0.25) is 0 Å². The summed E-state index contributed by atoms with van der Waals surface area (Å²) in [4.78, 5) is 48.3. The van der Waals surface area contributed by atoms with E-state index in [0.717, 1.165) is 4.90 Å². The number of carbonyl (C=O) groups excluding carboxylic acids is 4. The fraction of sp³-hybridized carbons (Fsp3) is 0.200. The van der Waals surface area contributed by atoms with E-state index in [1.807, 2.05) is 30.3 Å². The van der Waals surface area contributed by atoms with Crippen LogP contribution in [0.4, 0.5) is 5.69 Å². The fourth-order valence-corrected chi connectivity index (χ4v) is 2.93. The molecule has 0 aliphatic rings. The van der Waals surface area contributed by atoms with Crippen molar-refractivity contribution in [2.45, 2.75) is 4.90 Å². The standard InChI is InChI=1S/C20H19NO7S/c1-26-19(24)13-8-14(20(25)27-2)10-15(9-13)21-17(22)11-28-18(23)12-29-16-6-4-3-5-7-16/h3-10H,11-12H2,1-2H3,(H,21,22). The van der Waals surface area contributed by atoms with Crippen molar-refractivity contribution in [1.29, 1.82) is 0 Å². The summed E-state index contributed by atoms with van der Waals surface area (Å²) in [6.07, 6.45) is 0. The highest BCUT2D eigenvalue weighted by Gasteiger charge is 2.15. The van der Waals surface area contributed by atoms with Crippen LogP contribution in [0.3, 0.4) is 0 Å². The van der Waals surface area contributed by atoms with Crippen molar-refractivity contribution in [2.75, 3.05) is 31.9 Å². The van der Waals surface area contributed by atoms with Crippen molar-refractivity contribution in [3.05, 3.63) is 59.7 Å². The Labute approximate surface area is 171 Å². The molecule has 2 aromatic carbocycles. The molecule has 0 aliphatic heterocycles. The Hall–Kier alpha value is -3.33. The number of hydrogen-bond donors (Lipinski definition) is 1. The van der Waals surface area contributed by atoms with E-state index in [1.165, 1.54) is 44.2 Å². The van der Waals surface area contributed by atoms with Gasteiger partial charge in [0.15, 0.2) is 6.61 Å². The number of methoxy groups -OCH3 is 2. The molecule has 0 radical (unpaired) electrons. The number of benzene rings is 2. The van der Waals surface area contributed by atoms with Crippen LogP contribution in [0.25, 0.3) is 0 Å². The molecule has 1 amide bonds. The second kappa shape index (κ2) is 10.9. The first-order valence-electron chi connectivity index (χ1n) is 8.38. The van der Waals surface area contributed by atoms with Gasteiger partial charge in [0.25, 0.3) is 5.91 Å². The summed E-state index contributed by atoms with van der Waals surface area (Å²) in [6, 6.07) is 13.3. The molecule has 0 spiro atoms. The van der Waals surface area contributed by atoms with Crippen molar-refractivity contribution in [2.24, 2.45) is 0 Å². The lowest BCUT2D eigenvalue weighted by molar-refractivity contribution is -0.144. The number of nitrogens with one attached hydrogen (secondary N) is 1. The van der Waals surface area contributed by atoms with E-state index in [4.69, 9.17) is 4.74 Å². The van der Waals surface area contributed by atoms with Gasteiger partial charge in [-0.15, -0.1) is 11.8 Å². The van der Waals surface area contributed by atoms with Gasteiger partial charge in [-0.2, -0.15) is 0 Å². The minimum absolute atomic E-state index is 0.0572. The maximum absolute atomic E-state index is 12.1. The molecule has 2 rings (SSSR count). The molecule has 0 unspecified atom stereocenters. The summed E-state index contributed by atoms with van der Waals surface area (Å²) in [5.74, 6) is -2.48. The van der Waals surface area contributed by atoms with Crippen LogP contribution in [-0.4, -0.2) is 50.4 Å². The Balaban J connectivity index is 1.94. The number of rotatable bonds is 8. The Bertz CT molecular complexity index is 865. The highest BCUT2D eigenvalue weighted by Crippen LogP contribution is 2.18. The molecule has 0 bridgehead atoms. The highest BCUT2D eigenvalue weighted by atomic mass is 32.2. The van der Waals surface area contributed by atoms with E-state index in [2.05, 4.69) is 14.8 Å². The number of hydrogen-bond acceptors (Lipinski definition) is 8. The fourth-order valence-electron chi connectivity index (χ4n) is 2.21. The number of ether oxygens (including phenoxy) is 3. The lowest BCUT2D eigenvalue weighted by Crippen LogP contribution is -2.22. The number of carbonyl (C=O) groups is 4. The Kier molecular flexibility index (Phi) is 8.23. The van der Waals surface area contributed by atoms with Crippen molar-refractivity contribution in [3.8, 4) is 0 Å². The third-order valence-electron chi connectivity index (χ3n) is 3.52. The average molecular weight is 417 g/mol. The zero-order valence-electron chi connectivity index (χ0n) is 15.8. The third kappa shape index (κ3) is 6.96. The van der Waals surface area contributed by atoms with Crippen LogP contribution in [0.15, 0.2) is 53.4 Å². The van der Waals surface area contributed by atoms with E-state index in [0.29, 0.717) is 0 Å². The smallest absolute Gasteiger partial charge is 0.337 e. The van der Waals surface area contributed by atoms with Crippen LogP contribution in [0.5, 0.6) is 0 Å². The van der Waals surface area contributed by atoms with Gasteiger partial charge in [0.05, 0.1) is 31.1 Å². The summed E-state index contributed by atoms with van der Waals surface area (Å²) in [6.45, 7) is -0.510. The lowest BCUT2D eigenvalue weighted by Gasteiger charge is -2.10. The SMILES string of the molecule is COC(=O)c1cc(NC(=O)COC(=O)CSc2ccccc2)cc(C(=O)OC)c1. The molecule has 0 saturated carbocycles. The summed E-state index contributed by atoms with van der Waals surface area (Å²) in [7, 11) is 2.39. The first kappa shape index (κ1) is 22.0. The number of anilines is 1. The van der Waals surface area contributed by atoms with Gasteiger partial charge < -0.3 is 19.5 Å². The van der Waals surface area contributed by atoms with Crippen molar-refractivity contribution in [1.82, 2.24) is 0 Å². The normalized spacial score (nSPS) is 10.0. The van der Waals surface area contributed by atoms with Crippen LogP contribution in [0, 0.1) is 0 Å². The van der Waals surface area contributed by atoms with Crippen LogP contribution in [-0.2, 0) is 23.8 Å². The molecule has 8 nitrogen and oxygen atoms in total. The van der Waals surface area contributed by atoms with Crippen LogP contribution in [0.1, 0.15) is 20.7 Å². The molecule has 2 aromatic rings. The van der Waals surface area contributed by atoms with E-state index in [9.17, 15) is 19.2 Å². The third-order valence-corrected chi connectivity index (χ3v) is 4.51. The van der Waals surface area contributed by atoms with Gasteiger partial charge in [-0.05, 0) is 30.3 Å². The molecule has 0 heterocycles. The predicted molar refractivity (Wildman–Crippen MR) is 106 cm³/mol. The summed E-state index contributed by atoms with van der Waals surface area (Å²) in [5, 5.41) is 2.47. The minimum atomic E-state index is -0.685. The Morgan fingerprint density at radius 3 is 2.03 bits per heavy atom. The highest BCUT2D eigenvalue weighted by molar-refractivity contribution is 8.00. The molecule has 152 valence electrons.